The number of rotatable bonds is 10. The van der Waals surface area contributed by atoms with Crippen molar-refractivity contribution in [3.8, 4) is 0 Å². The lowest BCUT2D eigenvalue weighted by Crippen LogP contribution is -2.23. The van der Waals surface area contributed by atoms with Crippen LogP contribution in [0.5, 0.6) is 0 Å². The summed E-state index contributed by atoms with van der Waals surface area (Å²) in [5.74, 6) is 0.157. The lowest BCUT2D eigenvalue weighted by atomic mass is 10.1. The van der Waals surface area contributed by atoms with Crippen LogP contribution in [0.1, 0.15) is 65.7 Å². The summed E-state index contributed by atoms with van der Waals surface area (Å²) in [7, 11) is 0. The second-order valence-corrected chi connectivity index (χ2v) is 7.11. The zero-order chi connectivity index (χ0) is 21.1. The van der Waals surface area contributed by atoms with Crippen molar-refractivity contribution in [2.24, 2.45) is 44.4 Å². The van der Waals surface area contributed by atoms with Crippen LogP contribution >= 0.6 is 0 Å². The quantitative estimate of drug-likeness (QED) is 0.185. The molecule has 0 fully saturated rings. The molecule has 27 heavy (non-hydrogen) atoms. The first-order valence-electron chi connectivity index (χ1n) is 9.92. The van der Waals surface area contributed by atoms with Gasteiger partial charge in [-0.1, -0.05) is 12.5 Å². The molecule has 12 N–H and O–H groups in total. The van der Waals surface area contributed by atoms with Gasteiger partial charge in [0.1, 0.15) is 0 Å². The van der Waals surface area contributed by atoms with E-state index in [1.165, 1.54) is 6.42 Å². The molecule has 1 rings (SSSR count). The molecule has 3 atom stereocenters. The SMILES string of the molecule is CC(N)CC1=CCC=N1.CC(N)CCCCN.CC(N)CCCN=C(N)N. The van der Waals surface area contributed by atoms with Crippen LogP contribution in [0.15, 0.2) is 21.8 Å². The van der Waals surface area contributed by atoms with Crippen molar-refractivity contribution in [2.45, 2.75) is 83.8 Å². The Labute approximate surface area is 165 Å². The van der Waals surface area contributed by atoms with Gasteiger partial charge >= 0.3 is 0 Å². The van der Waals surface area contributed by atoms with Gasteiger partial charge in [-0.05, 0) is 53.0 Å². The smallest absolute Gasteiger partial charge is 0.185 e. The number of unbranched alkanes of at least 4 members (excludes halogenated alkanes) is 1. The first-order chi connectivity index (χ1) is 12.7. The fourth-order valence-corrected chi connectivity index (χ4v) is 2.11. The van der Waals surface area contributed by atoms with E-state index in [2.05, 4.69) is 16.1 Å². The Bertz CT molecular complexity index is 410. The Morgan fingerprint density at radius 2 is 1.59 bits per heavy atom. The first kappa shape index (κ1) is 27.7. The van der Waals surface area contributed by atoms with E-state index in [1.807, 2.05) is 27.0 Å². The zero-order valence-corrected chi connectivity index (χ0v) is 17.6. The molecule has 3 unspecified atom stereocenters. The molecule has 0 bridgehead atoms. The summed E-state index contributed by atoms with van der Waals surface area (Å²) in [6.45, 7) is 7.47. The second-order valence-electron chi connectivity index (χ2n) is 7.11. The van der Waals surface area contributed by atoms with Gasteiger partial charge in [0.25, 0.3) is 0 Å². The maximum absolute atomic E-state index is 5.56. The molecule has 0 radical (unpaired) electrons. The van der Waals surface area contributed by atoms with Crippen LogP contribution in [-0.2, 0) is 0 Å². The van der Waals surface area contributed by atoms with Gasteiger partial charge in [0.05, 0.1) is 0 Å². The topological polar surface area (TPSA) is 181 Å². The van der Waals surface area contributed by atoms with Crippen LogP contribution in [0.3, 0.4) is 0 Å². The molecule has 8 nitrogen and oxygen atoms in total. The van der Waals surface area contributed by atoms with Gasteiger partial charge in [0.2, 0.25) is 0 Å². The molecule has 1 heterocycles. The monoisotopic (exact) mass is 384 g/mol. The zero-order valence-electron chi connectivity index (χ0n) is 17.6. The van der Waals surface area contributed by atoms with Crippen LogP contribution in [0.2, 0.25) is 0 Å². The van der Waals surface area contributed by atoms with Crippen molar-refractivity contribution in [3.05, 3.63) is 11.8 Å². The molecule has 0 saturated carbocycles. The normalized spacial score (nSPS) is 15.4. The van der Waals surface area contributed by atoms with Gasteiger partial charge in [0, 0.05) is 49.4 Å². The fraction of sp³-hybridized carbons (Fsp3) is 0.789. The standard InChI is InChI=1S/C7H12N2.C6H16N4.C6H16N2/c1-6(8)5-7-3-2-4-9-7;1-5(7)3-2-4-10-6(8)9;1-6(8)4-2-3-5-7/h3-4,6H,2,5,8H2,1H3;5H,2-4,7H2,1H3,(H4,8,9,10);6H,2-5,7-8H2,1H3. The van der Waals surface area contributed by atoms with Crippen LogP contribution in [-0.4, -0.2) is 43.4 Å². The molecule has 0 saturated heterocycles. The Morgan fingerprint density at radius 3 is 2.00 bits per heavy atom. The highest BCUT2D eigenvalue weighted by molar-refractivity contribution is 5.75. The average molecular weight is 385 g/mol. The van der Waals surface area contributed by atoms with E-state index in [9.17, 15) is 0 Å². The van der Waals surface area contributed by atoms with Crippen molar-refractivity contribution in [2.75, 3.05) is 13.1 Å². The summed E-state index contributed by atoms with van der Waals surface area (Å²) < 4.78 is 0. The minimum absolute atomic E-state index is 0.157. The van der Waals surface area contributed by atoms with Gasteiger partial charge in [0.15, 0.2) is 5.96 Å². The van der Waals surface area contributed by atoms with Crippen LogP contribution in [0, 0.1) is 0 Å². The highest BCUT2D eigenvalue weighted by Gasteiger charge is 2.01. The van der Waals surface area contributed by atoms with Crippen molar-refractivity contribution < 1.29 is 0 Å². The van der Waals surface area contributed by atoms with Gasteiger partial charge in [-0.2, -0.15) is 0 Å². The molecule has 160 valence electrons. The number of nitrogens with zero attached hydrogens (tertiary/aromatic N) is 2. The molecule has 0 aromatic carbocycles. The summed E-state index contributed by atoms with van der Waals surface area (Å²) in [6.07, 6.45) is 11.2. The molecule has 0 aliphatic carbocycles. The van der Waals surface area contributed by atoms with Crippen LogP contribution in [0.25, 0.3) is 0 Å². The fourth-order valence-electron chi connectivity index (χ4n) is 2.11. The summed E-state index contributed by atoms with van der Waals surface area (Å²) in [5.41, 5.74) is 33.2. The molecule has 1 aliphatic heterocycles. The lowest BCUT2D eigenvalue weighted by molar-refractivity contribution is 0.602. The van der Waals surface area contributed by atoms with E-state index >= 15 is 0 Å². The number of guanidine groups is 1. The van der Waals surface area contributed by atoms with E-state index in [-0.39, 0.29) is 18.0 Å². The largest absolute Gasteiger partial charge is 0.370 e. The van der Waals surface area contributed by atoms with Crippen LogP contribution < -0.4 is 34.4 Å². The molecule has 8 heteroatoms. The third kappa shape index (κ3) is 26.9. The molecule has 0 amide bonds. The Hall–Kier alpha value is -1.48. The predicted molar refractivity (Wildman–Crippen MR) is 120 cm³/mol. The van der Waals surface area contributed by atoms with Crippen molar-refractivity contribution in [3.63, 3.8) is 0 Å². The van der Waals surface area contributed by atoms with Crippen LogP contribution in [0.4, 0.5) is 0 Å². The Balaban J connectivity index is 0. The van der Waals surface area contributed by atoms with Crippen molar-refractivity contribution >= 4 is 12.2 Å². The number of aliphatic imine (C=N–C) groups is 2. The summed E-state index contributed by atoms with van der Waals surface area (Å²) in [6, 6.07) is 0.835. The second kappa shape index (κ2) is 19.3. The molecular weight excluding hydrogens is 340 g/mol. The number of hydrogen-bond acceptors (Lipinski definition) is 6. The predicted octanol–water partition coefficient (Wildman–Crippen LogP) is 0.932. The summed E-state index contributed by atoms with van der Waals surface area (Å²) in [4.78, 5) is 7.95. The third-order valence-corrected chi connectivity index (χ3v) is 3.47. The van der Waals surface area contributed by atoms with E-state index < -0.39 is 0 Å². The number of allylic oxidation sites excluding steroid dienone is 1. The lowest BCUT2D eigenvalue weighted by Gasteiger charge is -2.01. The Morgan fingerprint density at radius 1 is 1.00 bits per heavy atom. The van der Waals surface area contributed by atoms with Gasteiger partial charge in [-0.3, -0.25) is 9.98 Å². The molecule has 0 spiro atoms. The van der Waals surface area contributed by atoms with E-state index in [4.69, 9.17) is 34.4 Å². The average Bonchev–Trinajstić information content (AvgIpc) is 3.05. The van der Waals surface area contributed by atoms with E-state index in [1.54, 1.807) is 0 Å². The maximum Gasteiger partial charge on any atom is 0.185 e. The highest BCUT2D eigenvalue weighted by atomic mass is 15.0. The maximum atomic E-state index is 5.56. The minimum Gasteiger partial charge on any atom is -0.370 e. The summed E-state index contributed by atoms with van der Waals surface area (Å²) >= 11 is 0. The highest BCUT2D eigenvalue weighted by Crippen LogP contribution is 2.10. The van der Waals surface area contributed by atoms with Gasteiger partial charge in [-0.15, -0.1) is 0 Å². The number of hydrogen-bond donors (Lipinski definition) is 6. The van der Waals surface area contributed by atoms with E-state index in [0.717, 1.165) is 50.8 Å². The first-order valence-corrected chi connectivity index (χ1v) is 9.92. The molecule has 0 aromatic rings. The van der Waals surface area contributed by atoms with Gasteiger partial charge < -0.3 is 34.4 Å². The summed E-state index contributed by atoms with van der Waals surface area (Å²) in [5, 5.41) is 0. The minimum atomic E-state index is 0.157. The third-order valence-electron chi connectivity index (χ3n) is 3.47. The molecular formula is C19H44N8. The van der Waals surface area contributed by atoms with Crippen molar-refractivity contribution in [1.82, 2.24) is 0 Å². The van der Waals surface area contributed by atoms with Crippen molar-refractivity contribution in [1.29, 1.82) is 0 Å². The molecule has 0 aromatic heterocycles. The van der Waals surface area contributed by atoms with Gasteiger partial charge in [-0.25, -0.2) is 0 Å². The van der Waals surface area contributed by atoms with E-state index in [0.29, 0.717) is 12.6 Å². The Kier molecular flexibility index (Phi) is 19.8. The molecule has 1 aliphatic rings. The number of nitrogens with two attached hydrogens (primary N) is 6.